The summed E-state index contributed by atoms with van der Waals surface area (Å²) in [5.41, 5.74) is 5.70. The summed E-state index contributed by atoms with van der Waals surface area (Å²) in [7, 11) is 0. The van der Waals surface area contributed by atoms with E-state index in [0.29, 0.717) is 6.04 Å². The average molecular weight is 533 g/mol. The Morgan fingerprint density at radius 3 is 2.23 bits per heavy atom. The number of nitrogens with one attached hydrogen (secondary N) is 1. The maximum atomic E-state index is 14.2. The number of para-hydroxylation sites is 1. The molecule has 0 radical (unpaired) electrons. The fourth-order valence-electron chi connectivity index (χ4n) is 6.54. The third-order valence-corrected chi connectivity index (χ3v) is 8.76. The third kappa shape index (κ3) is 5.81. The van der Waals surface area contributed by atoms with Crippen LogP contribution in [0.5, 0.6) is 0 Å². The van der Waals surface area contributed by atoms with Crippen molar-refractivity contribution >= 4 is 16.8 Å². The summed E-state index contributed by atoms with van der Waals surface area (Å²) in [6.45, 7) is 7.37. The van der Waals surface area contributed by atoms with E-state index < -0.39 is 0 Å². The minimum absolute atomic E-state index is 0.0367. The third-order valence-electron chi connectivity index (χ3n) is 8.76. The molecule has 1 amide bonds. The SMILES string of the molecule is C[C@@H](NC(=O)c1c(CN2CCC(N3CCCCC3)CC2)c(-c2ccccc2)nc2ccccc12)c1ccccc1. The predicted octanol–water partition coefficient (Wildman–Crippen LogP) is 6.84. The second-order valence-corrected chi connectivity index (χ2v) is 11.4. The quantitative estimate of drug-likeness (QED) is 0.283. The van der Waals surface area contributed by atoms with Gasteiger partial charge in [-0.25, -0.2) is 4.98 Å². The first-order chi connectivity index (χ1) is 19.7. The number of pyridine rings is 1. The van der Waals surface area contributed by atoms with Crippen molar-refractivity contribution in [3.8, 4) is 11.3 Å². The molecule has 0 saturated carbocycles. The standard InChI is InChI=1S/C35H40N4O/c1-26(27-13-5-2-6-14-27)36-35(40)33-30-17-9-10-18-32(30)37-34(28-15-7-3-8-16-28)31(33)25-38-23-19-29(20-24-38)39-21-11-4-12-22-39/h2-3,5-10,13-18,26,29H,4,11-12,19-25H2,1H3,(H,36,40)/t26-/m1/s1. The number of amides is 1. The topological polar surface area (TPSA) is 48.5 Å². The fourth-order valence-corrected chi connectivity index (χ4v) is 6.54. The van der Waals surface area contributed by atoms with Gasteiger partial charge in [-0.2, -0.15) is 0 Å². The van der Waals surface area contributed by atoms with E-state index >= 15 is 0 Å². The lowest BCUT2D eigenvalue weighted by atomic mass is 9.94. The lowest BCUT2D eigenvalue weighted by Gasteiger charge is -2.40. The second-order valence-electron chi connectivity index (χ2n) is 11.4. The molecule has 206 valence electrons. The molecular formula is C35H40N4O. The molecule has 0 bridgehead atoms. The van der Waals surface area contributed by atoms with E-state index in [1.54, 1.807) is 0 Å². The summed E-state index contributed by atoms with van der Waals surface area (Å²) in [6, 6.07) is 29.2. The summed E-state index contributed by atoms with van der Waals surface area (Å²) in [5, 5.41) is 4.23. The van der Waals surface area contributed by atoms with E-state index in [1.807, 2.05) is 48.5 Å². The number of rotatable bonds is 7. The predicted molar refractivity (Wildman–Crippen MR) is 163 cm³/mol. The molecule has 0 aliphatic carbocycles. The van der Waals surface area contributed by atoms with Crippen LogP contribution >= 0.6 is 0 Å². The van der Waals surface area contributed by atoms with E-state index in [2.05, 4.69) is 58.4 Å². The number of carbonyl (C=O) groups excluding carboxylic acids is 1. The number of likely N-dealkylation sites (tertiary alicyclic amines) is 2. The largest absolute Gasteiger partial charge is 0.345 e. The molecule has 2 fully saturated rings. The van der Waals surface area contributed by atoms with Crippen molar-refractivity contribution in [2.24, 2.45) is 0 Å². The fraction of sp³-hybridized carbons (Fsp3) is 0.371. The van der Waals surface area contributed by atoms with Gasteiger partial charge in [0.1, 0.15) is 0 Å². The minimum atomic E-state index is -0.103. The highest BCUT2D eigenvalue weighted by Gasteiger charge is 2.29. The number of nitrogens with zero attached hydrogens (tertiary/aromatic N) is 3. The van der Waals surface area contributed by atoms with Crippen molar-refractivity contribution < 1.29 is 4.79 Å². The van der Waals surface area contributed by atoms with Gasteiger partial charge in [-0.05, 0) is 70.4 Å². The second kappa shape index (κ2) is 12.3. The molecule has 0 spiro atoms. The van der Waals surface area contributed by atoms with Gasteiger partial charge in [0, 0.05) is 29.1 Å². The molecule has 1 N–H and O–H groups in total. The minimum Gasteiger partial charge on any atom is -0.345 e. The molecule has 2 aliphatic rings. The number of hydrogen-bond acceptors (Lipinski definition) is 4. The molecule has 6 rings (SSSR count). The zero-order valence-corrected chi connectivity index (χ0v) is 23.6. The van der Waals surface area contributed by atoms with Crippen LogP contribution < -0.4 is 5.32 Å². The van der Waals surface area contributed by atoms with Crippen LogP contribution in [0.25, 0.3) is 22.2 Å². The van der Waals surface area contributed by atoms with Crippen molar-refractivity contribution in [2.45, 2.75) is 57.7 Å². The molecule has 4 aromatic rings. The Morgan fingerprint density at radius 1 is 0.850 bits per heavy atom. The highest BCUT2D eigenvalue weighted by Crippen LogP contribution is 2.33. The highest BCUT2D eigenvalue weighted by atomic mass is 16.1. The van der Waals surface area contributed by atoms with E-state index in [9.17, 15) is 4.79 Å². The Hall–Kier alpha value is -3.54. The molecule has 3 heterocycles. The molecule has 5 nitrogen and oxygen atoms in total. The number of aromatic nitrogens is 1. The maximum absolute atomic E-state index is 14.2. The average Bonchev–Trinajstić information content (AvgIpc) is 3.02. The van der Waals surface area contributed by atoms with Crippen LogP contribution in [-0.4, -0.2) is 52.9 Å². The van der Waals surface area contributed by atoms with Crippen LogP contribution in [0.4, 0.5) is 0 Å². The lowest BCUT2D eigenvalue weighted by Crippen LogP contribution is -2.46. The molecule has 1 aromatic heterocycles. The highest BCUT2D eigenvalue weighted by molar-refractivity contribution is 6.09. The smallest absolute Gasteiger partial charge is 0.252 e. The van der Waals surface area contributed by atoms with E-state index in [1.165, 1.54) is 45.2 Å². The van der Waals surface area contributed by atoms with Gasteiger partial charge < -0.3 is 10.2 Å². The Bertz CT molecular complexity index is 1420. The molecule has 1 atom stereocenters. The lowest BCUT2D eigenvalue weighted by molar-refractivity contribution is 0.0884. The van der Waals surface area contributed by atoms with Gasteiger partial charge in [-0.3, -0.25) is 9.69 Å². The normalized spacial score (nSPS) is 18.0. The first-order valence-electron chi connectivity index (χ1n) is 15.0. The van der Waals surface area contributed by atoms with Crippen molar-refractivity contribution in [3.05, 3.63) is 102 Å². The van der Waals surface area contributed by atoms with Crippen LogP contribution in [0.15, 0.2) is 84.9 Å². The van der Waals surface area contributed by atoms with Crippen LogP contribution in [0.1, 0.15) is 66.6 Å². The number of piperidine rings is 2. The Balaban J connectivity index is 1.36. The van der Waals surface area contributed by atoms with Crippen molar-refractivity contribution in [1.29, 1.82) is 0 Å². The first kappa shape index (κ1) is 26.7. The van der Waals surface area contributed by atoms with Crippen LogP contribution in [0, 0.1) is 0 Å². The maximum Gasteiger partial charge on any atom is 0.252 e. The molecule has 2 saturated heterocycles. The van der Waals surface area contributed by atoms with E-state index in [4.69, 9.17) is 4.98 Å². The summed E-state index contributed by atoms with van der Waals surface area (Å²) >= 11 is 0. The van der Waals surface area contributed by atoms with Crippen molar-refractivity contribution in [2.75, 3.05) is 26.2 Å². The monoisotopic (exact) mass is 532 g/mol. The number of hydrogen-bond donors (Lipinski definition) is 1. The van der Waals surface area contributed by atoms with Gasteiger partial charge >= 0.3 is 0 Å². The number of fused-ring (bicyclic) bond motifs is 1. The molecule has 5 heteroatoms. The Labute approximate surface area is 238 Å². The summed E-state index contributed by atoms with van der Waals surface area (Å²) in [5.74, 6) is -0.0367. The molecule has 40 heavy (non-hydrogen) atoms. The number of carbonyl (C=O) groups is 1. The van der Waals surface area contributed by atoms with Gasteiger partial charge in [0.25, 0.3) is 5.91 Å². The zero-order valence-electron chi connectivity index (χ0n) is 23.6. The van der Waals surface area contributed by atoms with E-state index in [-0.39, 0.29) is 11.9 Å². The van der Waals surface area contributed by atoms with Crippen molar-refractivity contribution in [1.82, 2.24) is 20.1 Å². The molecule has 3 aromatic carbocycles. The first-order valence-corrected chi connectivity index (χ1v) is 15.0. The van der Waals surface area contributed by atoms with Gasteiger partial charge in [-0.15, -0.1) is 0 Å². The van der Waals surface area contributed by atoms with E-state index in [0.717, 1.165) is 58.5 Å². The number of benzene rings is 3. The summed E-state index contributed by atoms with van der Waals surface area (Å²) in [6.07, 6.45) is 6.43. The van der Waals surface area contributed by atoms with Crippen LogP contribution in [-0.2, 0) is 6.54 Å². The summed E-state index contributed by atoms with van der Waals surface area (Å²) in [4.78, 5) is 24.6. The van der Waals surface area contributed by atoms with Crippen molar-refractivity contribution in [3.63, 3.8) is 0 Å². The Kier molecular flexibility index (Phi) is 8.22. The van der Waals surface area contributed by atoms with Gasteiger partial charge in [0.2, 0.25) is 0 Å². The van der Waals surface area contributed by atoms with Crippen LogP contribution in [0.2, 0.25) is 0 Å². The van der Waals surface area contributed by atoms with Gasteiger partial charge in [-0.1, -0.05) is 85.3 Å². The molecule has 2 aliphatic heterocycles. The van der Waals surface area contributed by atoms with Gasteiger partial charge in [0.15, 0.2) is 0 Å². The van der Waals surface area contributed by atoms with Crippen LogP contribution in [0.3, 0.4) is 0 Å². The molecule has 0 unspecified atom stereocenters. The molecular weight excluding hydrogens is 492 g/mol. The zero-order chi connectivity index (χ0) is 27.3. The summed E-state index contributed by atoms with van der Waals surface area (Å²) < 4.78 is 0. The van der Waals surface area contributed by atoms with Gasteiger partial charge in [0.05, 0.1) is 22.8 Å². The Morgan fingerprint density at radius 2 is 1.50 bits per heavy atom.